The zero-order valence-corrected chi connectivity index (χ0v) is 12.8. The molecule has 0 saturated carbocycles. The third-order valence-electron chi connectivity index (χ3n) is 3.06. The molecule has 0 unspecified atom stereocenters. The second kappa shape index (κ2) is 7.67. The standard InChI is InChI=1S/C16H23NO4/c1-12-4-6-13(7-5-12)21-11-9-14(18)17-16(2,3)10-8-15(19)20/h4-7H,8-11H2,1-3H3,(H,17,18)(H,19,20). The van der Waals surface area contributed by atoms with Crippen molar-refractivity contribution in [3.63, 3.8) is 0 Å². The molecular weight excluding hydrogens is 270 g/mol. The highest BCUT2D eigenvalue weighted by molar-refractivity contribution is 5.77. The third kappa shape index (κ3) is 7.34. The summed E-state index contributed by atoms with van der Waals surface area (Å²) >= 11 is 0. The van der Waals surface area contributed by atoms with Crippen LogP contribution in [0.3, 0.4) is 0 Å². The number of hydrogen-bond donors (Lipinski definition) is 2. The van der Waals surface area contributed by atoms with Crippen LogP contribution in [-0.4, -0.2) is 29.1 Å². The van der Waals surface area contributed by atoms with Crippen LogP contribution < -0.4 is 10.1 Å². The number of hydrogen-bond acceptors (Lipinski definition) is 3. The maximum Gasteiger partial charge on any atom is 0.303 e. The average molecular weight is 293 g/mol. The van der Waals surface area contributed by atoms with Crippen molar-refractivity contribution in [3.8, 4) is 5.75 Å². The van der Waals surface area contributed by atoms with Crippen molar-refractivity contribution in [1.82, 2.24) is 5.32 Å². The number of aryl methyl sites for hydroxylation is 1. The molecule has 1 aromatic carbocycles. The highest BCUT2D eigenvalue weighted by Gasteiger charge is 2.21. The van der Waals surface area contributed by atoms with E-state index >= 15 is 0 Å². The monoisotopic (exact) mass is 293 g/mol. The maximum absolute atomic E-state index is 11.8. The van der Waals surface area contributed by atoms with Crippen LogP contribution >= 0.6 is 0 Å². The van der Waals surface area contributed by atoms with Gasteiger partial charge in [0, 0.05) is 12.0 Å². The van der Waals surface area contributed by atoms with E-state index in [0.29, 0.717) is 13.0 Å². The highest BCUT2D eigenvalue weighted by Crippen LogP contribution is 2.13. The molecule has 1 aromatic rings. The fourth-order valence-electron chi connectivity index (χ4n) is 1.82. The van der Waals surface area contributed by atoms with E-state index in [0.717, 1.165) is 11.3 Å². The van der Waals surface area contributed by atoms with Gasteiger partial charge >= 0.3 is 5.97 Å². The molecule has 5 heteroatoms. The molecule has 5 nitrogen and oxygen atoms in total. The molecule has 0 radical (unpaired) electrons. The van der Waals surface area contributed by atoms with Crippen LogP contribution in [0.2, 0.25) is 0 Å². The van der Waals surface area contributed by atoms with Gasteiger partial charge in [0.2, 0.25) is 5.91 Å². The molecule has 0 aliphatic rings. The first kappa shape index (κ1) is 17.0. The molecule has 21 heavy (non-hydrogen) atoms. The van der Waals surface area contributed by atoms with Gasteiger partial charge in [-0.3, -0.25) is 9.59 Å². The van der Waals surface area contributed by atoms with Gasteiger partial charge in [0.1, 0.15) is 5.75 Å². The summed E-state index contributed by atoms with van der Waals surface area (Å²) in [6.45, 7) is 5.92. The fraction of sp³-hybridized carbons (Fsp3) is 0.500. The van der Waals surface area contributed by atoms with Gasteiger partial charge in [0.05, 0.1) is 13.0 Å². The van der Waals surface area contributed by atoms with Crippen molar-refractivity contribution >= 4 is 11.9 Å². The summed E-state index contributed by atoms with van der Waals surface area (Å²) in [6, 6.07) is 7.63. The summed E-state index contributed by atoms with van der Waals surface area (Å²) in [6.07, 6.45) is 0.671. The number of rotatable bonds is 8. The normalized spacial score (nSPS) is 11.0. The molecule has 0 spiro atoms. The van der Waals surface area contributed by atoms with Crippen LogP contribution in [0.1, 0.15) is 38.7 Å². The lowest BCUT2D eigenvalue weighted by Gasteiger charge is -2.25. The van der Waals surface area contributed by atoms with Crippen molar-refractivity contribution in [2.75, 3.05) is 6.61 Å². The molecule has 0 atom stereocenters. The number of aliphatic carboxylic acids is 1. The van der Waals surface area contributed by atoms with E-state index in [1.807, 2.05) is 45.0 Å². The van der Waals surface area contributed by atoms with E-state index in [2.05, 4.69) is 5.32 Å². The van der Waals surface area contributed by atoms with E-state index < -0.39 is 11.5 Å². The zero-order valence-electron chi connectivity index (χ0n) is 12.8. The number of nitrogens with one attached hydrogen (secondary N) is 1. The fourth-order valence-corrected chi connectivity index (χ4v) is 1.82. The summed E-state index contributed by atoms with van der Waals surface area (Å²) in [5.74, 6) is -0.268. The lowest BCUT2D eigenvalue weighted by atomic mass is 9.98. The maximum atomic E-state index is 11.8. The van der Waals surface area contributed by atoms with E-state index in [1.165, 1.54) is 0 Å². The predicted molar refractivity (Wildman–Crippen MR) is 80.4 cm³/mol. The number of carboxylic acids is 1. The van der Waals surface area contributed by atoms with Crippen molar-refractivity contribution in [2.24, 2.45) is 0 Å². The van der Waals surface area contributed by atoms with Crippen molar-refractivity contribution in [2.45, 2.75) is 45.6 Å². The van der Waals surface area contributed by atoms with Gasteiger partial charge in [-0.25, -0.2) is 0 Å². The Morgan fingerprint density at radius 2 is 1.81 bits per heavy atom. The Balaban J connectivity index is 2.30. The molecule has 1 amide bonds. The molecule has 0 saturated heterocycles. The largest absolute Gasteiger partial charge is 0.493 e. The summed E-state index contributed by atoms with van der Waals surface area (Å²) in [7, 11) is 0. The van der Waals surface area contributed by atoms with Crippen LogP contribution in [0, 0.1) is 6.92 Å². The van der Waals surface area contributed by atoms with Crippen LogP contribution in [0.5, 0.6) is 5.75 Å². The van der Waals surface area contributed by atoms with Gasteiger partial charge in [-0.05, 0) is 39.3 Å². The molecule has 0 heterocycles. The first-order valence-corrected chi connectivity index (χ1v) is 7.01. The number of benzene rings is 1. The average Bonchev–Trinajstić information content (AvgIpc) is 2.38. The minimum absolute atomic E-state index is 0.0349. The van der Waals surface area contributed by atoms with E-state index in [9.17, 15) is 9.59 Å². The number of amides is 1. The Bertz CT molecular complexity index is 480. The van der Waals surface area contributed by atoms with Gasteiger partial charge in [0.15, 0.2) is 0 Å². The molecular formula is C16H23NO4. The van der Waals surface area contributed by atoms with E-state index in [-0.39, 0.29) is 18.7 Å². The summed E-state index contributed by atoms with van der Waals surface area (Å²) in [5.41, 5.74) is 0.625. The van der Waals surface area contributed by atoms with Gasteiger partial charge in [-0.15, -0.1) is 0 Å². The number of carbonyl (C=O) groups excluding carboxylic acids is 1. The lowest BCUT2D eigenvalue weighted by molar-refractivity contribution is -0.137. The molecule has 116 valence electrons. The molecule has 0 aromatic heterocycles. The second-order valence-corrected chi connectivity index (χ2v) is 5.74. The molecule has 0 aliphatic heterocycles. The second-order valence-electron chi connectivity index (χ2n) is 5.74. The molecule has 0 fully saturated rings. The van der Waals surface area contributed by atoms with Gasteiger partial charge in [-0.1, -0.05) is 17.7 Å². The van der Waals surface area contributed by atoms with Gasteiger partial charge < -0.3 is 15.2 Å². The van der Waals surface area contributed by atoms with Gasteiger partial charge in [-0.2, -0.15) is 0 Å². The van der Waals surface area contributed by atoms with Crippen molar-refractivity contribution in [3.05, 3.63) is 29.8 Å². The first-order valence-electron chi connectivity index (χ1n) is 7.01. The molecule has 1 rings (SSSR count). The Hall–Kier alpha value is -2.04. The summed E-state index contributed by atoms with van der Waals surface area (Å²) < 4.78 is 5.49. The number of ether oxygens (including phenoxy) is 1. The molecule has 0 bridgehead atoms. The Labute approximate surface area is 125 Å². The Morgan fingerprint density at radius 3 is 2.38 bits per heavy atom. The summed E-state index contributed by atoms with van der Waals surface area (Å²) in [4.78, 5) is 22.4. The van der Waals surface area contributed by atoms with Crippen molar-refractivity contribution < 1.29 is 19.4 Å². The number of carboxylic acid groups (broad SMARTS) is 1. The zero-order chi connectivity index (χ0) is 15.9. The smallest absolute Gasteiger partial charge is 0.303 e. The third-order valence-corrected chi connectivity index (χ3v) is 3.06. The van der Waals surface area contributed by atoms with E-state index in [1.54, 1.807) is 0 Å². The minimum Gasteiger partial charge on any atom is -0.493 e. The Morgan fingerprint density at radius 1 is 1.19 bits per heavy atom. The SMILES string of the molecule is Cc1ccc(OCCC(=O)NC(C)(C)CCC(=O)O)cc1. The van der Waals surface area contributed by atoms with Crippen LogP contribution in [0.25, 0.3) is 0 Å². The minimum atomic E-state index is -0.861. The predicted octanol–water partition coefficient (Wildman–Crippen LogP) is 2.52. The Kier molecular flexibility index (Phi) is 6.21. The van der Waals surface area contributed by atoms with Crippen LogP contribution in [-0.2, 0) is 9.59 Å². The number of carbonyl (C=O) groups is 2. The van der Waals surface area contributed by atoms with Crippen LogP contribution in [0.15, 0.2) is 24.3 Å². The van der Waals surface area contributed by atoms with E-state index in [4.69, 9.17) is 9.84 Å². The first-order chi connectivity index (χ1) is 9.78. The topological polar surface area (TPSA) is 75.6 Å². The summed E-state index contributed by atoms with van der Waals surface area (Å²) in [5, 5.41) is 11.5. The molecule has 2 N–H and O–H groups in total. The molecule has 0 aliphatic carbocycles. The van der Waals surface area contributed by atoms with Gasteiger partial charge in [0.25, 0.3) is 0 Å². The van der Waals surface area contributed by atoms with Crippen LogP contribution in [0.4, 0.5) is 0 Å². The highest BCUT2D eigenvalue weighted by atomic mass is 16.5. The lowest BCUT2D eigenvalue weighted by Crippen LogP contribution is -2.44. The quantitative estimate of drug-likeness (QED) is 0.772. The van der Waals surface area contributed by atoms with Crippen molar-refractivity contribution in [1.29, 1.82) is 0 Å².